The van der Waals surface area contributed by atoms with Gasteiger partial charge in [0.2, 0.25) is 5.88 Å². The van der Waals surface area contributed by atoms with Gasteiger partial charge in [-0.1, -0.05) is 12.1 Å². The number of anilines is 1. The lowest BCUT2D eigenvalue weighted by atomic mass is 10.1. The predicted molar refractivity (Wildman–Crippen MR) is 120 cm³/mol. The molecule has 174 valence electrons. The van der Waals surface area contributed by atoms with Crippen molar-refractivity contribution in [2.24, 2.45) is 5.73 Å². The van der Waals surface area contributed by atoms with E-state index in [4.69, 9.17) is 15.2 Å². The van der Waals surface area contributed by atoms with Crippen LogP contribution in [-0.2, 0) is 11.3 Å². The number of halogens is 1. The van der Waals surface area contributed by atoms with Crippen LogP contribution in [0.4, 0.5) is 14.2 Å². The quantitative estimate of drug-likeness (QED) is 0.464. The van der Waals surface area contributed by atoms with Crippen LogP contribution in [0, 0.1) is 12.7 Å². The van der Waals surface area contributed by atoms with Crippen molar-refractivity contribution in [3.8, 4) is 5.88 Å². The molecule has 0 radical (unpaired) electrons. The van der Waals surface area contributed by atoms with E-state index in [1.54, 1.807) is 19.1 Å². The Morgan fingerprint density at radius 2 is 2.09 bits per heavy atom. The minimum Gasteiger partial charge on any atom is -0.471 e. The van der Waals surface area contributed by atoms with Crippen molar-refractivity contribution < 1.29 is 23.5 Å². The highest BCUT2D eigenvalue weighted by Crippen LogP contribution is 2.30. The number of nitrogens with one attached hydrogen (secondary N) is 2. The number of nitrogens with zero attached hydrogens (tertiary/aromatic N) is 2. The summed E-state index contributed by atoms with van der Waals surface area (Å²) in [7, 11) is 0. The van der Waals surface area contributed by atoms with Crippen molar-refractivity contribution in [1.82, 2.24) is 14.6 Å². The number of unbranched alkanes of at least 4 members (excludes halogenated alkanes) is 1. The number of carbonyl (C=O) groups excluding carboxylic acids is 2. The Morgan fingerprint density at radius 3 is 2.81 bits per heavy atom. The highest BCUT2D eigenvalue weighted by molar-refractivity contribution is 7.11. The summed E-state index contributed by atoms with van der Waals surface area (Å²) >= 11 is 0.877. The summed E-state index contributed by atoms with van der Waals surface area (Å²) in [5, 5.41) is 5.53. The number of hydrogen-bond acceptors (Lipinski definition) is 7. The summed E-state index contributed by atoms with van der Waals surface area (Å²) in [6.45, 7) is 6.54. The number of primary amides is 1. The molecule has 3 amide bonds. The summed E-state index contributed by atoms with van der Waals surface area (Å²) in [6, 6.07) is 4.30. The van der Waals surface area contributed by atoms with Gasteiger partial charge >= 0.3 is 6.03 Å². The van der Waals surface area contributed by atoms with Crippen molar-refractivity contribution in [1.29, 1.82) is 0 Å². The molecule has 3 rings (SSSR count). The predicted octanol–water partition coefficient (Wildman–Crippen LogP) is 2.50. The summed E-state index contributed by atoms with van der Waals surface area (Å²) in [4.78, 5) is 26.4. The molecule has 0 bridgehead atoms. The third-order valence-electron chi connectivity index (χ3n) is 5.00. The zero-order valence-corrected chi connectivity index (χ0v) is 18.8. The molecule has 1 saturated heterocycles. The summed E-state index contributed by atoms with van der Waals surface area (Å²) < 4.78 is 28.9. The van der Waals surface area contributed by atoms with Crippen LogP contribution in [0.25, 0.3) is 0 Å². The number of aromatic nitrogens is 1. The number of urea groups is 1. The summed E-state index contributed by atoms with van der Waals surface area (Å²) in [5.74, 6) is -1.24. The molecule has 2 aromatic rings. The Morgan fingerprint density at radius 1 is 1.31 bits per heavy atom. The Balaban J connectivity index is 1.47. The number of rotatable bonds is 10. The fourth-order valence-electron chi connectivity index (χ4n) is 3.23. The first kappa shape index (κ1) is 23.9. The van der Waals surface area contributed by atoms with E-state index in [2.05, 4.69) is 19.9 Å². The smallest absolute Gasteiger partial charge is 0.319 e. The zero-order valence-electron chi connectivity index (χ0n) is 18.0. The molecule has 1 aromatic heterocycles. The Bertz CT molecular complexity index is 933. The molecule has 0 saturated carbocycles. The molecule has 1 aromatic carbocycles. The van der Waals surface area contributed by atoms with Crippen LogP contribution in [0.2, 0.25) is 0 Å². The second kappa shape index (κ2) is 11.7. The van der Waals surface area contributed by atoms with Crippen molar-refractivity contribution >= 4 is 28.5 Å². The van der Waals surface area contributed by atoms with Crippen molar-refractivity contribution in [2.75, 3.05) is 44.7 Å². The molecule has 0 spiro atoms. The highest BCUT2D eigenvalue weighted by atomic mass is 32.1. The van der Waals surface area contributed by atoms with E-state index < -0.39 is 17.8 Å². The van der Waals surface area contributed by atoms with E-state index in [9.17, 15) is 14.0 Å². The van der Waals surface area contributed by atoms with E-state index in [-0.39, 0.29) is 23.1 Å². The lowest BCUT2D eigenvalue weighted by Gasteiger charge is -2.26. The van der Waals surface area contributed by atoms with Crippen molar-refractivity contribution in [3.05, 3.63) is 40.7 Å². The number of carbonyl (C=O) groups is 2. The number of aryl methyl sites for hydroxylation is 1. The highest BCUT2D eigenvalue weighted by Gasteiger charge is 2.22. The lowest BCUT2D eigenvalue weighted by molar-refractivity contribution is 0.0372. The molecule has 32 heavy (non-hydrogen) atoms. The van der Waals surface area contributed by atoms with Crippen LogP contribution in [0.3, 0.4) is 0 Å². The Kier molecular flexibility index (Phi) is 8.77. The maximum Gasteiger partial charge on any atom is 0.319 e. The molecular formula is C21H28FN5O4S. The molecule has 4 N–H and O–H groups in total. The van der Waals surface area contributed by atoms with Gasteiger partial charge in [-0.05, 0) is 49.5 Å². The molecule has 2 heterocycles. The maximum absolute atomic E-state index is 14.0. The summed E-state index contributed by atoms with van der Waals surface area (Å²) in [6.07, 6.45) is 1.79. The van der Waals surface area contributed by atoms with E-state index in [0.29, 0.717) is 12.1 Å². The largest absolute Gasteiger partial charge is 0.471 e. The van der Waals surface area contributed by atoms with Gasteiger partial charge in [-0.3, -0.25) is 15.0 Å². The lowest BCUT2D eigenvalue weighted by Crippen LogP contribution is -2.37. The van der Waals surface area contributed by atoms with E-state index >= 15 is 0 Å². The maximum atomic E-state index is 14.0. The van der Waals surface area contributed by atoms with Gasteiger partial charge in [0.15, 0.2) is 0 Å². The zero-order chi connectivity index (χ0) is 22.9. The molecule has 9 nitrogen and oxygen atoms in total. The second-order valence-electron chi connectivity index (χ2n) is 7.48. The van der Waals surface area contributed by atoms with E-state index in [1.807, 2.05) is 0 Å². The SMILES string of the molecule is Cc1ccc(COc2nsc(NC(=O)NCCCCN3CCOCC3)c2C(N)=O)c(F)c1. The van der Waals surface area contributed by atoms with E-state index in [0.717, 1.165) is 62.8 Å². The van der Waals surface area contributed by atoms with Crippen LogP contribution >= 0.6 is 11.5 Å². The van der Waals surface area contributed by atoms with E-state index in [1.165, 1.54) is 6.07 Å². The fourth-order valence-corrected chi connectivity index (χ4v) is 3.96. The molecule has 11 heteroatoms. The van der Waals surface area contributed by atoms with Gasteiger partial charge in [0, 0.05) is 25.2 Å². The van der Waals surface area contributed by atoms with Gasteiger partial charge in [0.25, 0.3) is 5.91 Å². The number of ether oxygens (including phenoxy) is 2. The van der Waals surface area contributed by atoms with Gasteiger partial charge < -0.3 is 20.5 Å². The van der Waals surface area contributed by atoms with Gasteiger partial charge in [-0.15, -0.1) is 0 Å². The molecular weight excluding hydrogens is 437 g/mol. The van der Waals surface area contributed by atoms with Crippen LogP contribution in [0.1, 0.15) is 34.3 Å². The minimum atomic E-state index is -0.793. The standard InChI is InChI=1S/C21H28FN5O4S/c1-14-4-5-15(16(22)12-14)13-31-19-17(18(23)28)20(32-26-19)25-21(29)24-6-2-3-7-27-8-10-30-11-9-27/h4-5,12H,2-3,6-11,13H2,1H3,(H2,23,28)(H2,24,25,29). The molecule has 1 aliphatic rings. The number of hydrogen-bond donors (Lipinski definition) is 3. The molecule has 0 unspecified atom stereocenters. The summed E-state index contributed by atoms with van der Waals surface area (Å²) in [5.41, 5.74) is 6.53. The normalized spacial score (nSPS) is 14.2. The molecule has 0 aliphatic carbocycles. The van der Waals surface area contributed by atoms with Crippen LogP contribution < -0.4 is 21.1 Å². The Hall–Kier alpha value is -2.76. The van der Waals surface area contributed by atoms with Crippen LogP contribution in [-0.4, -0.2) is 60.6 Å². The first-order valence-electron chi connectivity index (χ1n) is 10.5. The number of benzene rings is 1. The second-order valence-corrected chi connectivity index (χ2v) is 8.26. The minimum absolute atomic E-state index is 0.0370. The number of morpholine rings is 1. The molecule has 0 atom stereocenters. The Labute approximate surface area is 190 Å². The van der Waals surface area contributed by atoms with Crippen LogP contribution in [0.15, 0.2) is 18.2 Å². The fraction of sp³-hybridized carbons (Fsp3) is 0.476. The van der Waals surface area contributed by atoms with Crippen molar-refractivity contribution in [2.45, 2.75) is 26.4 Å². The van der Waals surface area contributed by atoms with Crippen LogP contribution in [0.5, 0.6) is 5.88 Å². The monoisotopic (exact) mass is 465 g/mol. The first-order chi connectivity index (χ1) is 15.4. The van der Waals surface area contributed by atoms with Gasteiger partial charge in [-0.2, -0.15) is 4.37 Å². The van der Waals surface area contributed by atoms with Crippen molar-refractivity contribution in [3.63, 3.8) is 0 Å². The molecule has 1 aliphatic heterocycles. The molecule has 1 fully saturated rings. The number of nitrogens with two attached hydrogens (primary N) is 1. The van der Waals surface area contributed by atoms with Gasteiger partial charge in [0.1, 0.15) is 23.0 Å². The topological polar surface area (TPSA) is 119 Å². The average molecular weight is 466 g/mol. The first-order valence-corrected chi connectivity index (χ1v) is 11.2. The van der Waals surface area contributed by atoms with Gasteiger partial charge in [-0.25, -0.2) is 9.18 Å². The third kappa shape index (κ3) is 6.87. The third-order valence-corrected chi connectivity index (χ3v) is 5.74. The average Bonchev–Trinajstić information content (AvgIpc) is 3.16. The number of amides is 3. The van der Waals surface area contributed by atoms with Gasteiger partial charge in [0.05, 0.1) is 13.2 Å².